The van der Waals surface area contributed by atoms with E-state index in [4.69, 9.17) is 4.74 Å². The normalized spacial score (nSPS) is 25.6. The van der Waals surface area contributed by atoms with Crippen LogP contribution in [0.3, 0.4) is 0 Å². The highest BCUT2D eigenvalue weighted by Crippen LogP contribution is 2.44. The molecule has 1 amide bonds. The van der Waals surface area contributed by atoms with Crippen LogP contribution in [-0.2, 0) is 4.79 Å². The summed E-state index contributed by atoms with van der Waals surface area (Å²) in [6.07, 6.45) is 1.09. The minimum absolute atomic E-state index is 0.163. The molecule has 1 aromatic rings. The van der Waals surface area contributed by atoms with Crippen LogP contribution in [-0.4, -0.2) is 23.5 Å². The van der Waals surface area contributed by atoms with E-state index in [9.17, 15) is 4.79 Å². The van der Waals surface area contributed by atoms with E-state index >= 15 is 0 Å². The molecule has 0 saturated carbocycles. The summed E-state index contributed by atoms with van der Waals surface area (Å²) >= 11 is 0. The first-order valence-electron chi connectivity index (χ1n) is 6.53. The Balaban J connectivity index is 1.96. The number of carbonyl (C=O) groups excluding carboxylic acids is 1. The zero-order valence-corrected chi connectivity index (χ0v) is 11.1. The van der Waals surface area contributed by atoms with Crippen LogP contribution in [0.25, 0.3) is 0 Å². The third kappa shape index (κ3) is 1.69. The number of carbonyl (C=O) groups is 1. The molecule has 2 atom stereocenters. The van der Waals surface area contributed by atoms with Crippen molar-refractivity contribution in [3.63, 3.8) is 0 Å². The summed E-state index contributed by atoms with van der Waals surface area (Å²) in [6, 6.07) is 8.27. The zero-order chi connectivity index (χ0) is 12.9. The fourth-order valence-electron chi connectivity index (χ4n) is 2.88. The van der Waals surface area contributed by atoms with Crippen molar-refractivity contribution in [3.05, 3.63) is 29.8 Å². The topological polar surface area (TPSA) is 29.5 Å². The summed E-state index contributed by atoms with van der Waals surface area (Å²) in [5.74, 6) is 1.17. The van der Waals surface area contributed by atoms with Gasteiger partial charge in [0.1, 0.15) is 11.9 Å². The molecule has 0 N–H and O–H groups in total. The van der Waals surface area contributed by atoms with Crippen LogP contribution in [0.5, 0.6) is 5.75 Å². The Bertz CT molecular complexity index is 490. The SMILES string of the molecule is CC(C)(C)C(=O)N1C[C@@H]2C[C@H]1c1ccccc1O2. The van der Waals surface area contributed by atoms with Gasteiger partial charge in [0.25, 0.3) is 0 Å². The number of amides is 1. The molecule has 0 unspecified atom stereocenters. The van der Waals surface area contributed by atoms with Gasteiger partial charge in [0.2, 0.25) is 5.91 Å². The first-order chi connectivity index (χ1) is 8.47. The number of hydrogen-bond acceptors (Lipinski definition) is 2. The van der Waals surface area contributed by atoms with Gasteiger partial charge < -0.3 is 9.64 Å². The Morgan fingerprint density at radius 1 is 1.33 bits per heavy atom. The summed E-state index contributed by atoms with van der Waals surface area (Å²) in [5.41, 5.74) is 0.829. The highest BCUT2D eigenvalue weighted by molar-refractivity contribution is 5.82. The van der Waals surface area contributed by atoms with E-state index in [1.54, 1.807) is 0 Å². The van der Waals surface area contributed by atoms with Gasteiger partial charge in [-0.1, -0.05) is 39.0 Å². The van der Waals surface area contributed by atoms with Crippen LogP contribution < -0.4 is 4.74 Å². The van der Waals surface area contributed by atoms with Crippen LogP contribution in [0, 0.1) is 5.41 Å². The maximum Gasteiger partial charge on any atom is 0.228 e. The maximum atomic E-state index is 12.5. The number of ether oxygens (including phenoxy) is 1. The lowest BCUT2D eigenvalue weighted by Crippen LogP contribution is -2.39. The van der Waals surface area contributed by atoms with Crippen molar-refractivity contribution in [2.45, 2.75) is 39.3 Å². The molecule has 3 rings (SSSR count). The molecule has 18 heavy (non-hydrogen) atoms. The van der Waals surface area contributed by atoms with Crippen LogP contribution >= 0.6 is 0 Å². The van der Waals surface area contributed by atoms with Crippen molar-refractivity contribution < 1.29 is 9.53 Å². The van der Waals surface area contributed by atoms with Crippen LogP contribution in [0.2, 0.25) is 0 Å². The molecule has 2 aliphatic heterocycles. The van der Waals surface area contributed by atoms with Crippen molar-refractivity contribution in [3.8, 4) is 5.75 Å². The first-order valence-corrected chi connectivity index (χ1v) is 6.53. The summed E-state index contributed by atoms with van der Waals surface area (Å²) in [6.45, 7) is 6.65. The molecular formula is C15H19NO2. The number of benzene rings is 1. The predicted molar refractivity (Wildman–Crippen MR) is 69.4 cm³/mol. The Hall–Kier alpha value is -1.51. The van der Waals surface area contributed by atoms with E-state index in [2.05, 4.69) is 6.07 Å². The molecule has 1 fully saturated rings. The molecule has 0 radical (unpaired) electrons. The second kappa shape index (κ2) is 3.74. The van der Waals surface area contributed by atoms with E-state index in [0.29, 0.717) is 0 Å². The molecule has 2 heterocycles. The molecule has 1 saturated heterocycles. The van der Waals surface area contributed by atoms with Gasteiger partial charge >= 0.3 is 0 Å². The molecule has 3 heteroatoms. The largest absolute Gasteiger partial charge is 0.488 e. The third-order valence-electron chi connectivity index (χ3n) is 3.74. The minimum atomic E-state index is -0.327. The predicted octanol–water partition coefficient (Wildman–Crippen LogP) is 2.77. The number of nitrogens with zero attached hydrogens (tertiary/aromatic N) is 1. The summed E-state index contributed by atoms with van der Waals surface area (Å²) in [4.78, 5) is 14.5. The van der Waals surface area contributed by atoms with Gasteiger partial charge in [-0.05, 0) is 6.07 Å². The highest BCUT2D eigenvalue weighted by atomic mass is 16.5. The number of hydrogen-bond donors (Lipinski definition) is 0. The first kappa shape index (κ1) is 11.6. The van der Waals surface area contributed by atoms with Crippen molar-refractivity contribution in [1.82, 2.24) is 4.90 Å². The molecule has 3 nitrogen and oxygen atoms in total. The highest BCUT2D eigenvalue weighted by Gasteiger charge is 2.44. The van der Waals surface area contributed by atoms with E-state index in [1.807, 2.05) is 43.9 Å². The van der Waals surface area contributed by atoms with Gasteiger partial charge in [-0.25, -0.2) is 0 Å². The number of fused-ring (bicyclic) bond motifs is 4. The van der Waals surface area contributed by atoms with Crippen molar-refractivity contribution >= 4 is 5.91 Å². The van der Waals surface area contributed by atoms with Gasteiger partial charge in [-0.2, -0.15) is 0 Å². The molecule has 96 valence electrons. The lowest BCUT2D eigenvalue weighted by atomic mass is 9.93. The van der Waals surface area contributed by atoms with E-state index in [0.717, 1.165) is 24.3 Å². The third-order valence-corrected chi connectivity index (χ3v) is 3.74. The van der Waals surface area contributed by atoms with Gasteiger partial charge in [-0.3, -0.25) is 4.79 Å². The second-order valence-corrected chi connectivity index (χ2v) is 6.24. The summed E-state index contributed by atoms with van der Waals surface area (Å²) in [7, 11) is 0. The van der Waals surface area contributed by atoms with Crippen LogP contribution in [0.4, 0.5) is 0 Å². The zero-order valence-electron chi connectivity index (χ0n) is 11.1. The molecule has 2 aliphatic rings. The van der Waals surface area contributed by atoms with Crippen LogP contribution in [0.1, 0.15) is 38.8 Å². The lowest BCUT2D eigenvalue weighted by Gasteiger charge is -2.31. The monoisotopic (exact) mass is 245 g/mol. The molecule has 2 bridgehead atoms. The van der Waals surface area contributed by atoms with E-state index in [1.165, 1.54) is 0 Å². The fourth-order valence-corrected chi connectivity index (χ4v) is 2.88. The van der Waals surface area contributed by atoms with Crippen molar-refractivity contribution in [1.29, 1.82) is 0 Å². The van der Waals surface area contributed by atoms with Gasteiger partial charge in [0, 0.05) is 17.4 Å². The molecule has 0 aromatic heterocycles. The Kier molecular flexibility index (Phi) is 2.40. The smallest absolute Gasteiger partial charge is 0.228 e. The Labute approximate surface area is 108 Å². The molecular weight excluding hydrogens is 226 g/mol. The van der Waals surface area contributed by atoms with E-state index in [-0.39, 0.29) is 23.5 Å². The molecule has 0 spiro atoms. The lowest BCUT2D eigenvalue weighted by molar-refractivity contribution is -0.140. The summed E-state index contributed by atoms with van der Waals surface area (Å²) in [5, 5.41) is 0. The fraction of sp³-hybridized carbons (Fsp3) is 0.533. The van der Waals surface area contributed by atoms with Gasteiger partial charge in [0.15, 0.2) is 0 Å². The van der Waals surface area contributed by atoms with Crippen molar-refractivity contribution in [2.75, 3.05) is 6.54 Å². The van der Waals surface area contributed by atoms with Crippen LogP contribution in [0.15, 0.2) is 24.3 Å². The summed E-state index contributed by atoms with van der Waals surface area (Å²) < 4.78 is 5.92. The number of rotatable bonds is 0. The number of likely N-dealkylation sites (tertiary alicyclic amines) is 1. The maximum absolute atomic E-state index is 12.5. The van der Waals surface area contributed by atoms with Gasteiger partial charge in [-0.15, -0.1) is 0 Å². The Morgan fingerprint density at radius 3 is 2.78 bits per heavy atom. The second-order valence-electron chi connectivity index (χ2n) is 6.24. The van der Waals surface area contributed by atoms with E-state index < -0.39 is 0 Å². The molecule has 1 aromatic carbocycles. The standard InChI is InChI=1S/C15H19NO2/c1-15(2,3)14(17)16-9-10-8-12(16)11-6-4-5-7-13(11)18-10/h4-7,10,12H,8-9H2,1-3H3/t10-,12-/m0/s1. The average Bonchev–Trinajstić information content (AvgIpc) is 2.65. The quantitative estimate of drug-likeness (QED) is 0.703. The Morgan fingerprint density at radius 2 is 2.06 bits per heavy atom. The van der Waals surface area contributed by atoms with Gasteiger partial charge in [0.05, 0.1) is 12.6 Å². The average molecular weight is 245 g/mol. The molecule has 0 aliphatic carbocycles. The van der Waals surface area contributed by atoms with Crippen molar-refractivity contribution in [2.24, 2.45) is 5.41 Å². The number of para-hydroxylation sites is 1. The minimum Gasteiger partial charge on any atom is -0.488 e.